The highest BCUT2D eigenvalue weighted by Gasteiger charge is 2.12. The van der Waals surface area contributed by atoms with Crippen LogP contribution in [0.15, 0.2) is 47.2 Å². The van der Waals surface area contributed by atoms with Gasteiger partial charge < -0.3 is 15.2 Å². The first-order valence-electron chi connectivity index (χ1n) is 8.50. The third-order valence-electron chi connectivity index (χ3n) is 4.07. The number of aryl methyl sites for hydroxylation is 2. The van der Waals surface area contributed by atoms with E-state index in [2.05, 4.69) is 59.7 Å². The molecule has 0 unspecified atom stereocenters. The van der Waals surface area contributed by atoms with Crippen LogP contribution in [0.25, 0.3) is 0 Å². The van der Waals surface area contributed by atoms with Crippen LogP contribution in [0.2, 0.25) is 0 Å². The molecule has 0 saturated heterocycles. The van der Waals surface area contributed by atoms with Gasteiger partial charge in [-0.25, -0.2) is 0 Å². The van der Waals surface area contributed by atoms with E-state index in [0.717, 1.165) is 16.9 Å². The number of aromatic nitrogens is 2. The van der Waals surface area contributed by atoms with Gasteiger partial charge >= 0.3 is 0 Å². The van der Waals surface area contributed by atoms with Crippen LogP contribution in [0.1, 0.15) is 47.0 Å². The first-order chi connectivity index (χ1) is 12.4. The van der Waals surface area contributed by atoms with E-state index in [1.54, 1.807) is 25.3 Å². The van der Waals surface area contributed by atoms with Crippen molar-refractivity contribution >= 4 is 23.1 Å². The molecule has 0 saturated carbocycles. The molecule has 2 aromatic heterocycles. The van der Waals surface area contributed by atoms with Crippen molar-refractivity contribution in [1.29, 1.82) is 0 Å². The summed E-state index contributed by atoms with van der Waals surface area (Å²) in [7, 11) is 0. The molecular formula is C20H22N4O2. The third kappa shape index (κ3) is 3.91. The van der Waals surface area contributed by atoms with E-state index in [9.17, 15) is 4.79 Å². The smallest absolute Gasteiger partial charge is 0.258 e. The van der Waals surface area contributed by atoms with Gasteiger partial charge in [-0.05, 0) is 37.0 Å². The van der Waals surface area contributed by atoms with Crippen molar-refractivity contribution in [2.24, 2.45) is 0 Å². The Morgan fingerprint density at radius 3 is 2.65 bits per heavy atom. The molecule has 0 radical (unpaired) electrons. The number of nitrogens with one attached hydrogen (secondary N) is 2. The van der Waals surface area contributed by atoms with Gasteiger partial charge in [0, 0.05) is 18.0 Å². The van der Waals surface area contributed by atoms with Crippen LogP contribution < -0.4 is 10.6 Å². The van der Waals surface area contributed by atoms with Crippen molar-refractivity contribution in [3.05, 3.63) is 65.2 Å². The van der Waals surface area contributed by atoms with Crippen LogP contribution in [0.3, 0.4) is 0 Å². The van der Waals surface area contributed by atoms with Gasteiger partial charge in [0.1, 0.15) is 5.76 Å². The molecule has 134 valence electrons. The average Bonchev–Trinajstić information content (AvgIpc) is 3.01. The van der Waals surface area contributed by atoms with E-state index in [-0.39, 0.29) is 5.91 Å². The van der Waals surface area contributed by atoms with Gasteiger partial charge in [0.15, 0.2) is 5.82 Å². The minimum Gasteiger partial charge on any atom is -0.360 e. The molecule has 6 heteroatoms. The standard InChI is InChI=1S/C20H22N4O2/c1-12(2)17-7-5-6-13(3)19(17)22-16-9-15(10-21-11-16)20(25)23-18-8-14(4)26-24-18/h5-12,22H,1-4H3,(H,23,24,25). The Kier molecular flexibility index (Phi) is 5.02. The van der Waals surface area contributed by atoms with Gasteiger partial charge in [0.25, 0.3) is 5.91 Å². The second-order valence-corrected chi connectivity index (χ2v) is 6.56. The summed E-state index contributed by atoms with van der Waals surface area (Å²) in [6.45, 7) is 8.14. The molecule has 0 bridgehead atoms. The van der Waals surface area contributed by atoms with Gasteiger partial charge in [-0.3, -0.25) is 9.78 Å². The predicted octanol–water partition coefficient (Wildman–Crippen LogP) is 4.81. The molecule has 0 aliphatic heterocycles. The van der Waals surface area contributed by atoms with Gasteiger partial charge in [0.2, 0.25) is 0 Å². The molecular weight excluding hydrogens is 328 g/mol. The van der Waals surface area contributed by atoms with Crippen LogP contribution in [0, 0.1) is 13.8 Å². The van der Waals surface area contributed by atoms with E-state index in [1.807, 2.05) is 0 Å². The summed E-state index contributed by atoms with van der Waals surface area (Å²) in [5.74, 6) is 1.11. The number of para-hydroxylation sites is 1. The number of carbonyl (C=O) groups excluding carboxylic acids is 1. The van der Waals surface area contributed by atoms with Gasteiger partial charge in [-0.15, -0.1) is 0 Å². The predicted molar refractivity (Wildman–Crippen MR) is 102 cm³/mol. The number of hydrogen-bond acceptors (Lipinski definition) is 5. The average molecular weight is 350 g/mol. The maximum absolute atomic E-state index is 12.4. The van der Waals surface area contributed by atoms with E-state index in [0.29, 0.717) is 23.1 Å². The summed E-state index contributed by atoms with van der Waals surface area (Å²) in [5.41, 5.74) is 4.61. The first-order valence-corrected chi connectivity index (χ1v) is 8.50. The van der Waals surface area contributed by atoms with Crippen molar-refractivity contribution in [2.45, 2.75) is 33.6 Å². The Bertz CT molecular complexity index is 931. The molecule has 26 heavy (non-hydrogen) atoms. The Morgan fingerprint density at radius 1 is 1.15 bits per heavy atom. The second kappa shape index (κ2) is 7.39. The van der Waals surface area contributed by atoms with E-state index < -0.39 is 0 Å². The largest absolute Gasteiger partial charge is 0.360 e. The zero-order valence-electron chi connectivity index (χ0n) is 15.3. The number of nitrogens with zero attached hydrogens (tertiary/aromatic N) is 2. The van der Waals surface area contributed by atoms with Gasteiger partial charge in [-0.2, -0.15) is 0 Å². The van der Waals surface area contributed by atoms with Crippen LogP contribution in [-0.2, 0) is 0 Å². The summed E-state index contributed by atoms with van der Waals surface area (Å²) >= 11 is 0. The third-order valence-corrected chi connectivity index (χ3v) is 4.07. The maximum atomic E-state index is 12.4. The summed E-state index contributed by atoms with van der Waals surface area (Å²) in [4.78, 5) is 16.6. The first kappa shape index (κ1) is 17.7. The summed E-state index contributed by atoms with van der Waals surface area (Å²) in [6.07, 6.45) is 3.22. The Morgan fingerprint density at radius 2 is 1.96 bits per heavy atom. The zero-order chi connectivity index (χ0) is 18.7. The van der Waals surface area contributed by atoms with Crippen molar-refractivity contribution < 1.29 is 9.32 Å². The van der Waals surface area contributed by atoms with Crippen LogP contribution in [-0.4, -0.2) is 16.0 Å². The van der Waals surface area contributed by atoms with Crippen LogP contribution >= 0.6 is 0 Å². The lowest BCUT2D eigenvalue weighted by molar-refractivity contribution is 0.102. The Balaban J connectivity index is 1.83. The van der Waals surface area contributed by atoms with Gasteiger partial charge in [0.05, 0.1) is 17.4 Å². The molecule has 2 N–H and O–H groups in total. The molecule has 6 nitrogen and oxygen atoms in total. The molecule has 0 spiro atoms. The molecule has 0 fully saturated rings. The quantitative estimate of drug-likeness (QED) is 0.690. The normalized spacial score (nSPS) is 10.8. The molecule has 1 aromatic carbocycles. The molecule has 2 heterocycles. The van der Waals surface area contributed by atoms with Crippen LogP contribution in [0.5, 0.6) is 0 Å². The second-order valence-electron chi connectivity index (χ2n) is 6.56. The number of carbonyl (C=O) groups is 1. The summed E-state index contributed by atoms with van der Waals surface area (Å²) in [5, 5.41) is 9.88. The molecule has 0 aliphatic rings. The molecule has 3 aromatic rings. The zero-order valence-corrected chi connectivity index (χ0v) is 15.3. The maximum Gasteiger partial charge on any atom is 0.258 e. The SMILES string of the molecule is Cc1cc(NC(=O)c2cncc(Nc3c(C)cccc3C(C)C)c2)no1. The fourth-order valence-electron chi connectivity index (χ4n) is 2.73. The van der Waals surface area contributed by atoms with Crippen molar-refractivity contribution in [3.63, 3.8) is 0 Å². The molecule has 1 amide bonds. The number of benzene rings is 1. The number of pyridine rings is 1. The summed E-state index contributed by atoms with van der Waals surface area (Å²) in [6, 6.07) is 9.65. The van der Waals surface area contributed by atoms with E-state index in [4.69, 9.17) is 4.52 Å². The van der Waals surface area contributed by atoms with E-state index in [1.165, 1.54) is 11.8 Å². The number of amides is 1. The lowest BCUT2D eigenvalue weighted by Gasteiger charge is -2.17. The topological polar surface area (TPSA) is 80.0 Å². The van der Waals surface area contributed by atoms with Crippen LogP contribution in [0.4, 0.5) is 17.2 Å². The van der Waals surface area contributed by atoms with E-state index >= 15 is 0 Å². The lowest BCUT2D eigenvalue weighted by Crippen LogP contribution is -2.13. The highest BCUT2D eigenvalue weighted by atomic mass is 16.5. The highest BCUT2D eigenvalue weighted by molar-refractivity contribution is 6.04. The number of rotatable bonds is 5. The lowest BCUT2D eigenvalue weighted by atomic mass is 9.98. The van der Waals surface area contributed by atoms with Crippen molar-refractivity contribution in [3.8, 4) is 0 Å². The fraction of sp³-hybridized carbons (Fsp3) is 0.250. The minimum absolute atomic E-state index is 0.289. The highest BCUT2D eigenvalue weighted by Crippen LogP contribution is 2.30. The Labute approximate surface area is 152 Å². The fourth-order valence-corrected chi connectivity index (χ4v) is 2.73. The van der Waals surface area contributed by atoms with Crippen molar-refractivity contribution in [2.75, 3.05) is 10.6 Å². The van der Waals surface area contributed by atoms with Crippen molar-refractivity contribution in [1.82, 2.24) is 10.1 Å². The Hall–Kier alpha value is -3.15. The summed E-state index contributed by atoms with van der Waals surface area (Å²) < 4.78 is 4.96. The number of anilines is 3. The molecule has 0 atom stereocenters. The molecule has 0 aliphatic carbocycles. The monoisotopic (exact) mass is 350 g/mol. The minimum atomic E-state index is -0.289. The van der Waals surface area contributed by atoms with Gasteiger partial charge in [-0.1, -0.05) is 37.2 Å². The molecule has 3 rings (SSSR count). The number of hydrogen-bond donors (Lipinski definition) is 2.